The lowest BCUT2D eigenvalue weighted by Crippen LogP contribution is -2.29. The summed E-state index contributed by atoms with van der Waals surface area (Å²) in [6.45, 7) is 1.87. The number of aromatic nitrogens is 1. The zero-order chi connectivity index (χ0) is 23.7. The van der Waals surface area contributed by atoms with Crippen molar-refractivity contribution < 1.29 is 19.4 Å². The molecule has 1 aliphatic heterocycles. The van der Waals surface area contributed by atoms with Crippen molar-refractivity contribution in [3.05, 3.63) is 89.3 Å². The van der Waals surface area contributed by atoms with Crippen molar-refractivity contribution in [3.8, 4) is 5.75 Å². The summed E-state index contributed by atoms with van der Waals surface area (Å²) in [5.74, 6) is -1.35. The number of methoxy groups -OCH3 is 1. The van der Waals surface area contributed by atoms with Crippen molar-refractivity contribution in [3.63, 3.8) is 0 Å². The number of carbonyl (C=O) groups is 2. The van der Waals surface area contributed by atoms with Crippen LogP contribution in [-0.4, -0.2) is 43.0 Å². The summed E-state index contributed by atoms with van der Waals surface area (Å²) in [5, 5.41) is 11.3. The Morgan fingerprint density at radius 1 is 1.09 bits per heavy atom. The first-order valence-corrected chi connectivity index (χ1v) is 10.5. The molecule has 1 fully saturated rings. The lowest BCUT2D eigenvalue weighted by Gasteiger charge is -2.26. The Labute approximate surface area is 192 Å². The third-order valence-corrected chi connectivity index (χ3v) is 5.70. The van der Waals surface area contributed by atoms with Gasteiger partial charge in [0.1, 0.15) is 11.5 Å². The van der Waals surface area contributed by atoms with E-state index in [-0.39, 0.29) is 11.3 Å². The first kappa shape index (κ1) is 22.1. The second kappa shape index (κ2) is 8.78. The van der Waals surface area contributed by atoms with Gasteiger partial charge in [0, 0.05) is 37.9 Å². The predicted molar refractivity (Wildman–Crippen MR) is 128 cm³/mol. The number of pyridine rings is 1. The van der Waals surface area contributed by atoms with Crippen molar-refractivity contribution in [2.75, 3.05) is 31.0 Å². The number of anilines is 2. The van der Waals surface area contributed by atoms with Crippen LogP contribution in [0.25, 0.3) is 5.76 Å². The summed E-state index contributed by atoms with van der Waals surface area (Å²) in [6, 6.07) is 15.3. The fourth-order valence-corrected chi connectivity index (χ4v) is 4.02. The van der Waals surface area contributed by atoms with Crippen molar-refractivity contribution in [2.24, 2.45) is 0 Å². The Hall–Kier alpha value is -4.13. The van der Waals surface area contributed by atoms with Crippen LogP contribution in [0.1, 0.15) is 22.7 Å². The summed E-state index contributed by atoms with van der Waals surface area (Å²) in [4.78, 5) is 34.0. The lowest BCUT2D eigenvalue weighted by atomic mass is 9.95. The van der Waals surface area contributed by atoms with Gasteiger partial charge in [-0.3, -0.25) is 19.5 Å². The van der Waals surface area contributed by atoms with E-state index >= 15 is 0 Å². The van der Waals surface area contributed by atoms with Crippen molar-refractivity contribution in [1.82, 2.24) is 4.98 Å². The van der Waals surface area contributed by atoms with Crippen LogP contribution in [0.2, 0.25) is 0 Å². The number of hydrogen-bond acceptors (Lipinski definition) is 6. The predicted octanol–water partition coefficient (Wildman–Crippen LogP) is 4.09. The highest BCUT2D eigenvalue weighted by Gasteiger charge is 2.47. The minimum absolute atomic E-state index is 0.00594. The first-order chi connectivity index (χ1) is 15.8. The largest absolute Gasteiger partial charge is 0.507 e. The summed E-state index contributed by atoms with van der Waals surface area (Å²) < 4.78 is 5.41. The molecule has 168 valence electrons. The summed E-state index contributed by atoms with van der Waals surface area (Å²) in [6.07, 6.45) is 3.21. The molecule has 4 rings (SSSR count). The number of ether oxygens (including phenoxy) is 1. The Balaban J connectivity index is 1.94. The molecule has 0 saturated carbocycles. The first-order valence-electron chi connectivity index (χ1n) is 10.5. The number of aliphatic hydroxyl groups excluding tert-OH is 1. The molecule has 1 N–H and O–H groups in total. The second-order valence-corrected chi connectivity index (χ2v) is 8.07. The maximum atomic E-state index is 13.3. The van der Waals surface area contributed by atoms with Gasteiger partial charge in [-0.15, -0.1) is 0 Å². The molecular formula is C26H25N3O4. The van der Waals surface area contributed by atoms with Gasteiger partial charge in [0.15, 0.2) is 0 Å². The molecule has 1 aliphatic rings. The third kappa shape index (κ3) is 3.93. The monoisotopic (exact) mass is 443 g/mol. The van der Waals surface area contributed by atoms with Crippen LogP contribution in [-0.2, 0) is 9.59 Å². The Kier molecular flexibility index (Phi) is 5.87. The molecule has 2 heterocycles. The smallest absolute Gasteiger partial charge is 0.300 e. The Morgan fingerprint density at radius 2 is 1.82 bits per heavy atom. The van der Waals surface area contributed by atoms with Gasteiger partial charge in [-0.25, -0.2) is 0 Å². The van der Waals surface area contributed by atoms with Crippen molar-refractivity contribution >= 4 is 28.8 Å². The number of rotatable bonds is 5. The van der Waals surface area contributed by atoms with E-state index in [1.54, 1.807) is 48.8 Å². The number of nitrogens with zero attached hydrogens (tertiary/aromatic N) is 3. The van der Waals surface area contributed by atoms with Crippen LogP contribution in [0.3, 0.4) is 0 Å². The highest BCUT2D eigenvalue weighted by molar-refractivity contribution is 6.51. The molecule has 0 spiro atoms. The van der Waals surface area contributed by atoms with E-state index in [0.29, 0.717) is 22.6 Å². The van der Waals surface area contributed by atoms with Gasteiger partial charge in [-0.2, -0.15) is 0 Å². The second-order valence-electron chi connectivity index (χ2n) is 8.07. The number of amides is 1. The van der Waals surface area contributed by atoms with Gasteiger partial charge in [0.05, 0.1) is 24.3 Å². The number of benzene rings is 2. The number of ketones is 1. The van der Waals surface area contributed by atoms with Gasteiger partial charge in [0.2, 0.25) is 0 Å². The molecule has 0 bridgehead atoms. The molecule has 1 saturated heterocycles. The molecule has 33 heavy (non-hydrogen) atoms. The van der Waals surface area contributed by atoms with E-state index in [0.717, 1.165) is 11.3 Å². The zero-order valence-electron chi connectivity index (χ0n) is 18.9. The Bertz CT molecular complexity index is 1230. The summed E-state index contributed by atoms with van der Waals surface area (Å²) in [7, 11) is 5.34. The van der Waals surface area contributed by atoms with Crippen molar-refractivity contribution in [1.29, 1.82) is 0 Å². The Morgan fingerprint density at radius 3 is 2.42 bits per heavy atom. The summed E-state index contributed by atoms with van der Waals surface area (Å²) in [5.41, 5.74) is 3.34. The van der Waals surface area contributed by atoms with E-state index < -0.39 is 17.7 Å². The van der Waals surface area contributed by atoms with Crippen LogP contribution in [0.5, 0.6) is 5.75 Å². The van der Waals surface area contributed by atoms with E-state index in [9.17, 15) is 14.7 Å². The van der Waals surface area contributed by atoms with E-state index in [1.165, 1.54) is 12.0 Å². The maximum absolute atomic E-state index is 13.3. The lowest BCUT2D eigenvalue weighted by molar-refractivity contribution is -0.132. The van der Waals surface area contributed by atoms with Gasteiger partial charge < -0.3 is 14.7 Å². The highest BCUT2D eigenvalue weighted by Crippen LogP contribution is 2.43. The average molecular weight is 444 g/mol. The fourth-order valence-electron chi connectivity index (χ4n) is 4.02. The molecule has 1 aromatic heterocycles. The van der Waals surface area contributed by atoms with Crippen LogP contribution < -0.4 is 14.5 Å². The molecular weight excluding hydrogens is 418 g/mol. The van der Waals surface area contributed by atoms with Gasteiger partial charge in [-0.05, 0) is 55.0 Å². The molecule has 1 unspecified atom stereocenters. The minimum Gasteiger partial charge on any atom is -0.507 e. The number of hydrogen-bond donors (Lipinski definition) is 1. The molecule has 3 aromatic rings. The standard InChI is InChI=1S/C26H25N3O4/c1-16-7-12-21(33-4)20(14-16)24(30)22-23(17-6-5-13-27-15-17)29(26(32)25(22)31)19-10-8-18(9-11-19)28(2)3/h5-15,23,30H,1-4H3/b24-22+. The number of carbonyl (C=O) groups excluding carboxylic acids is 2. The zero-order valence-corrected chi connectivity index (χ0v) is 18.9. The van der Waals surface area contributed by atoms with Gasteiger partial charge in [-0.1, -0.05) is 17.7 Å². The van der Waals surface area contributed by atoms with Crippen molar-refractivity contribution in [2.45, 2.75) is 13.0 Å². The molecule has 2 aromatic carbocycles. The molecule has 1 atom stereocenters. The molecule has 7 nitrogen and oxygen atoms in total. The maximum Gasteiger partial charge on any atom is 0.300 e. The van der Waals surface area contributed by atoms with Gasteiger partial charge in [0.25, 0.3) is 11.7 Å². The molecule has 1 amide bonds. The normalized spacial score (nSPS) is 17.3. The highest BCUT2D eigenvalue weighted by atomic mass is 16.5. The molecule has 0 aliphatic carbocycles. The minimum atomic E-state index is -0.839. The number of aliphatic hydroxyl groups is 1. The van der Waals surface area contributed by atoms with Crippen LogP contribution in [0, 0.1) is 6.92 Å². The van der Waals surface area contributed by atoms with Crippen LogP contribution in [0.15, 0.2) is 72.6 Å². The van der Waals surface area contributed by atoms with Crippen LogP contribution in [0.4, 0.5) is 11.4 Å². The van der Waals surface area contributed by atoms with E-state index in [2.05, 4.69) is 4.98 Å². The SMILES string of the molecule is COc1ccc(C)cc1/C(O)=C1\C(=O)C(=O)N(c2ccc(N(C)C)cc2)C1c1cccnc1. The molecule has 0 radical (unpaired) electrons. The van der Waals surface area contributed by atoms with Crippen LogP contribution >= 0.6 is 0 Å². The fraction of sp³-hybridized carbons (Fsp3) is 0.192. The molecule has 7 heteroatoms. The topological polar surface area (TPSA) is 83.0 Å². The quantitative estimate of drug-likeness (QED) is 0.363. The van der Waals surface area contributed by atoms with E-state index in [1.807, 2.05) is 44.1 Å². The van der Waals surface area contributed by atoms with Gasteiger partial charge >= 0.3 is 0 Å². The number of Topliss-reactive ketones (excluding diaryl/α,β-unsaturated/α-hetero) is 1. The van der Waals surface area contributed by atoms with E-state index in [4.69, 9.17) is 4.74 Å². The summed E-state index contributed by atoms with van der Waals surface area (Å²) >= 11 is 0. The third-order valence-electron chi connectivity index (χ3n) is 5.70. The number of aryl methyl sites for hydroxylation is 1. The average Bonchev–Trinajstić information content (AvgIpc) is 3.09.